The average Bonchev–Trinajstić information content (AvgIpc) is 3.26. The fourth-order valence-electron chi connectivity index (χ4n) is 3.00. The third-order valence-electron chi connectivity index (χ3n) is 4.09. The molecule has 4 rings (SSSR count). The van der Waals surface area contributed by atoms with Crippen LogP contribution < -0.4 is 5.32 Å². The largest absolute Gasteiger partial charge is 0.309 e. The van der Waals surface area contributed by atoms with E-state index in [9.17, 15) is 0 Å². The molecule has 0 radical (unpaired) electrons. The molecule has 0 bridgehead atoms. The number of aromatic nitrogens is 4. The molecule has 1 aliphatic rings. The van der Waals surface area contributed by atoms with Gasteiger partial charge in [0.1, 0.15) is 5.82 Å². The van der Waals surface area contributed by atoms with Gasteiger partial charge >= 0.3 is 0 Å². The number of thiophene rings is 1. The summed E-state index contributed by atoms with van der Waals surface area (Å²) in [6.45, 7) is 5.03. The van der Waals surface area contributed by atoms with Crippen LogP contribution >= 0.6 is 11.3 Å². The molecule has 6 heteroatoms. The van der Waals surface area contributed by atoms with E-state index in [4.69, 9.17) is 0 Å². The van der Waals surface area contributed by atoms with Crippen LogP contribution in [-0.2, 0) is 0 Å². The van der Waals surface area contributed by atoms with Crippen molar-refractivity contribution in [1.82, 2.24) is 25.1 Å². The summed E-state index contributed by atoms with van der Waals surface area (Å²) in [7, 11) is 0. The summed E-state index contributed by atoms with van der Waals surface area (Å²) in [6.07, 6.45) is 4.28. The molecule has 1 N–H and O–H groups in total. The van der Waals surface area contributed by atoms with Crippen molar-refractivity contribution in [3.8, 4) is 16.4 Å². The molecule has 1 atom stereocenters. The van der Waals surface area contributed by atoms with Crippen molar-refractivity contribution in [2.24, 2.45) is 0 Å². The minimum Gasteiger partial charge on any atom is -0.309 e. The van der Waals surface area contributed by atoms with Crippen LogP contribution in [0.25, 0.3) is 16.4 Å². The molecule has 0 amide bonds. The molecular formula is C17H19N5S. The van der Waals surface area contributed by atoms with Crippen LogP contribution in [0.3, 0.4) is 0 Å². The summed E-state index contributed by atoms with van der Waals surface area (Å²) in [5.41, 5.74) is 1.98. The van der Waals surface area contributed by atoms with Crippen molar-refractivity contribution in [2.45, 2.75) is 32.7 Å². The fraction of sp³-hybridized carbons (Fsp3) is 0.353. The van der Waals surface area contributed by atoms with Gasteiger partial charge in [-0.25, -0.2) is 9.67 Å². The maximum atomic E-state index is 4.65. The predicted molar refractivity (Wildman–Crippen MR) is 91.9 cm³/mol. The van der Waals surface area contributed by atoms with Gasteiger partial charge in [-0.15, -0.1) is 11.3 Å². The summed E-state index contributed by atoms with van der Waals surface area (Å²) in [4.78, 5) is 11.5. The number of nitrogens with one attached hydrogen (secondary N) is 1. The number of hydrogen-bond acceptors (Lipinski definition) is 5. The zero-order valence-corrected chi connectivity index (χ0v) is 14.1. The van der Waals surface area contributed by atoms with Gasteiger partial charge in [0, 0.05) is 22.8 Å². The van der Waals surface area contributed by atoms with Crippen molar-refractivity contribution in [1.29, 1.82) is 0 Å². The Balaban J connectivity index is 1.74. The third kappa shape index (κ3) is 2.80. The molecule has 5 nitrogen and oxygen atoms in total. The van der Waals surface area contributed by atoms with Crippen LogP contribution in [-0.4, -0.2) is 26.3 Å². The highest BCUT2D eigenvalue weighted by atomic mass is 32.1. The zero-order valence-electron chi connectivity index (χ0n) is 13.3. The minimum absolute atomic E-state index is 0.495. The summed E-state index contributed by atoms with van der Waals surface area (Å²) in [5.74, 6) is 1.69. The number of pyridine rings is 1. The SMILES string of the molecule is Cc1cc(-n2nc(C)nc2-c2ccc([C@@H]3CCCN3)s2)ccn1. The number of aryl methyl sites for hydroxylation is 2. The lowest BCUT2D eigenvalue weighted by Crippen LogP contribution is -2.11. The predicted octanol–water partition coefficient (Wildman–Crippen LogP) is 3.43. The van der Waals surface area contributed by atoms with Crippen LogP contribution in [0.5, 0.6) is 0 Å². The van der Waals surface area contributed by atoms with Crippen LogP contribution in [0, 0.1) is 13.8 Å². The topological polar surface area (TPSA) is 55.6 Å². The maximum Gasteiger partial charge on any atom is 0.173 e. The Morgan fingerprint density at radius 2 is 2.17 bits per heavy atom. The molecule has 1 fully saturated rings. The normalized spacial score (nSPS) is 17.7. The van der Waals surface area contributed by atoms with E-state index in [1.807, 2.05) is 48.2 Å². The molecule has 23 heavy (non-hydrogen) atoms. The standard InChI is InChI=1S/C17H19N5S/c1-11-10-13(7-9-18-11)22-17(20-12(2)21-22)16-6-5-15(23-16)14-4-3-8-19-14/h5-7,9-10,14,19H,3-4,8H2,1-2H3/t14-/m0/s1. The number of hydrogen-bond donors (Lipinski definition) is 1. The molecule has 1 aliphatic heterocycles. The Bertz CT molecular complexity index is 829. The quantitative estimate of drug-likeness (QED) is 0.801. The molecule has 3 aromatic rings. The van der Waals surface area contributed by atoms with E-state index in [0.29, 0.717) is 6.04 Å². The van der Waals surface area contributed by atoms with E-state index in [0.717, 1.165) is 34.5 Å². The Labute approximate surface area is 139 Å². The van der Waals surface area contributed by atoms with Gasteiger partial charge in [-0.05, 0) is 57.5 Å². The smallest absolute Gasteiger partial charge is 0.173 e. The molecule has 0 aromatic carbocycles. The van der Waals surface area contributed by atoms with E-state index in [-0.39, 0.29) is 0 Å². The van der Waals surface area contributed by atoms with Crippen LogP contribution in [0.15, 0.2) is 30.5 Å². The molecule has 0 spiro atoms. The Morgan fingerprint density at radius 1 is 1.26 bits per heavy atom. The lowest BCUT2D eigenvalue weighted by Gasteiger charge is -2.07. The molecule has 0 aliphatic carbocycles. The highest BCUT2D eigenvalue weighted by Crippen LogP contribution is 2.34. The molecule has 118 valence electrons. The van der Waals surface area contributed by atoms with Gasteiger partial charge in [-0.1, -0.05) is 0 Å². The monoisotopic (exact) mass is 325 g/mol. The van der Waals surface area contributed by atoms with E-state index in [2.05, 4.69) is 32.5 Å². The van der Waals surface area contributed by atoms with Gasteiger partial charge in [-0.3, -0.25) is 4.98 Å². The number of rotatable bonds is 3. The van der Waals surface area contributed by atoms with Gasteiger partial charge in [0.15, 0.2) is 5.82 Å². The summed E-state index contributed by atoms with van der Waals surface area (Å²) in [5, 5.41) is 8.13. The first-order valence-electron chi connectivity index (χ1n) is 7.91. The third-order valence-corrected chi connectivity index (χ3v) is 5.28. The average molecular weight is 325 g/mol. The second-order valence-electron chi connectivity index (χ2n) is 5.90. The Hall–Kier alpha value is -2.05. The van der Waals surface area contributed by atoms with E-state index < -0.39 is 0 Å². The second kappa shape index (κ2) is 5.86. The van der Waals surface area contributed by atoms with Crippen molar-refractivity contribution in [3.63, 3.8) is 0 Å². The van der Waals surface area contributed by atoms with Crippen molar-refractivity contribution < 1.29 is 0 Å². The van der Waals surface area contributed by atoms with Gasteiger partial charge in [-0.2, -0.15) is 5.10 Å². The summed E-state index contributed by atoms with van der Waals surface area (Å²) in [6, 6.07) is 8.88. The van der Waals surface area contributed by atoms with Gasteiger partial charge < -0.3 is 5.32 Å². The zero-order chi connectivity index (χ0) is 15.8. The first kappa shape index (κ1) is 14.5. The number of nitrogens with zero attached hydrogens (tertiary/aromatic N) is 4. The van der Waals surface area contributed by atoms with Gasteiger partial charge in [0.25, 0.3) is 0 Å². The minimum atomic E-state index is 0.495. The van der Waals surface area contributed by atoms with Crippen molar-refractivity contribution >= 4 is 11.3 Å². The molecule has 3 aromatic heterocycles. The van der Waals surface area contributed by atoms with Gasteiger partial charge in [0.2, 0.25) is 0 Å². The molecular weight excluding hydrogens is 306 g/mol. The summed E-state index contributed by atoms with van der Waals surface area (Å²) < 4.78 is 1.92. The maximum absolute atomic E-state index is 4.65. The van der Waals surface area contributed by atoms with E-state index in [1.54, 1.807) is 0 Å². The van der Waals surface area contributed by atoms with E-state index in [1.165, 1.54) is 17.7 Å². The Kier molecular flexibility index (Phi) is 3.71. The second-order valence-corrected chi connectivity index (χ2v) is 7.02. The highest BCUT2D eigenvalue weighted by molar-refractivity contribution is 7.15. The van der Waals surface area contributed by atoms with Crippen LogP contribution in [0.1, 0.15) is 35.3 Å². The molecule has 1 saturated heterocycles. The highest BCUT2D eigenvalue weighted by Gasteiger charge is 2.20. The van der Waals surface area contributed by atoms with E-state index >= 15 is 0 Å². The van der Waals surface area contributed by atoms with Crippen molar-refractivity contribution in [2.75, 3.05) is 6.54 Å². The van der Waals surface area contributed by atoms with Crippen LogP contribution in [0.4, 0.5) is 0 Å². The lowest BCUT2D eigenvalue weighted by molar-refractivity contribution is 0.660. The molecule has 4 heterocycles. The molecule has 0 saturated carbocycles. The lowest BCUT2D eigenvalue weighted by atomic mass is 10.2. The fourth-order valence-corrected chi connectivity index (χ4v) is 4.10. The summed E-state index contributed by atoms with van der Waals surface area (Å²) >= 11 is 1.81. The first-order chi connectivity index (χ1) is 11.2. The van der Waals surface area contributed by atoms with Gasteiger partial charge in [0.05, 0.1) is 10.6 Å². The molecule has 0 unspecified atom stereocenters. The van der Waals surface area contributed by atoms with Crippen LogP contribution in [0.2, 0.25) is 0 Å². The van der Waals surface area contributed by atoms with Crippen molar-refractivity contribution in [3.05, 3.63) is 46.9 Å². The first-order valence-corrected chi connectivity index (χ1v) is 8.72. The Morgan fingerprint density at radius 3 is 2.96 bits per heavy atom.